The summed E-state index contributed by atoms with van der Waals surface area (Å²) < 4.78 is 30.2. The lowest BCUT2D eigenvalue weighted by Gasteiger charge is -2.60. The van der Waals surface area contributed by atoms with Crippen molar-refractivity contribution in [3.63, 3.8) is 0 Å². The second-order valence-corrected chi connectivity index (χ2v) is 10.7. The Bertz CT molecular complexity index is 811. The first kappa shape index (κ1) is 25.7. The molecule has 6 fully saturated rings. The molecule has 200 valence electrons. The number of ether oxygens (including phenoxy) is 5. The van der Waals surface area contributed by atoms with Crippen LogP contribution >= 0.6 is 0 Å². The van der Waals surface area contributed by atoms with E-state index in [9.17, 15) is 25.2 Å². The minimum atomic E-state index is -1.80. The van der Waals surface area contributed by atoms with Crippen LogP contribution in [0.25, 0.3) is 0 Å². The van der Waals surface area contributed by atoms with E-state index in [1.54, 1.807) is 6.92 Å². The molecule has 0 aromatic carbocycles. The third kappa shape index (κ3) is 3.94. The number of carboxylic acid groups (broad SMARTS) is 1. The fraction of sp³-hybridized carbons (Fsp3) is 0.957. The Balaban J connectivity index is 1.49. The highest BCUT2D eigenvalue weighted by atomic mass is 17.3. The first-order valence-corrected chi connectivity index (χ1v) is 12.4. The van der Waals surface area contributed by atoms with Crippen LogP contribution in [0, 0.1) is 23.7 Å². The van der Waals surface area contributed by atoms with E-state index < -0.39 is 66.7 Å². The summed E-state index contributed by atoms with van der Waals surface area (Å²) in [5.41, 5.74) is -1.03. The number of carboxylic acids is 1. The summed E-state index contributed by atoms with van der Waals surface area (Å²) in [6, 6.07) is 0. The zero-order valence-corrected chi connectivity index (χ0v) is 20.3. The van der Waals surface area contributed by atoms with Crippen LogP contribution in [0.3, 0.4) is 0 Å². The molecule has 2 bridgehead atoms. The third-order valence-corrected chi connectivity index (χ3v) is 8.48. The number of rotatable bonds is 5. The molecule has 5 aliphatic heterocycles. The molecule has 0 unspecified atom stereocenters. The van der Waals surface area contributed by atoms with E-state index in [0.717, 1.165) is 12.8 Å². The number of hydrogen-bond acceptors (Lipinski definition) is 11. The Morgan fingerprint density at radius 1 is 1.03 bits per heavy atom. The molecular weight excluding hydrogens is 468 g/mol. The lowest BCUT2D eigenvalue weighted by molar-refractivity contribution is -0.577. The largest absolute Gasteiger partial charge is 0.479 e. The van der Waals surface area contributed by atoms with Crippen molar-refractivity contribution >= 4 is 5.97 Å². The molecule has 12 nitrogen and oxygen atoms in total. The van der Waals surface area contributed by atoms with Gasteiger partial charge < -0.3 is 44.1 Å². The minimum absolute atomic E-state index is 0.0404. The van der Waals surface area contributed by atoms with Gasteiger partial charge in [-0.1, -0.05) is 13.8 Å². The van der Waals surface area contributed by atoms with Crippen molar-refractivity contribution in [3.05, 3.63) is 0 Å². The van der Waals surface area contributed by atoms with Gasteiger partial charge >= 0.3 is 5.97 Å². The van der Waals surface area contributed by atoms with Crippen molar-refractivity contribution in [1.82, 2.24) is 0 Å². The van der Waals surface area contributed by atoms with Gasteiger partial charge in [0, 0.05) is 30.8 Å². The zero-order chi connectivity index (χ0) is 25.3. The van der Waals surface area contributed by atoms with E-state index in [2.05, 4.69) is 6.92 Å². The van der Waals surface area contributed by atoms with Gasteiger partial charge in [-0.25, -0.2) is 14.6 Å². The summed E-state index contributed by atoms with van der Waals surface area (Å²) in [5, 5.41) is 40.4. The summed E-state index contributed by atoms with van der Waals surface area (Å²) in [7, 11) is 0. The van der Waals surface area contributed by atoms with Gasteiger partial charge in [-0.05, 0) is 32.6 Å². The first-order valence-electron chi connectivity index (χ1n) is 12.4. The van der Waals surface area contributed by atoms with Crippen molar-refractivity contribution in [2.75, 3.05) is 6.61 Å². The number of aliphatic hydroxyl groups is 3. The molecule has 6 aliphatic rings. The molecule has 0 aromatic rings. The number of carbonyl (C=O) groups is 1. The normalized spacial score (nSPS) is 55.7. The standard InChI is InChI=1S/C23H36O12/c1-5-29-19-10(3)11-7-6-9(2)13-12(8-22(4)33-21(32-19)23(11,13)35-34-22)30-20-16(26)14(24)15(25)17(31-20)18(27)28/h9-17,19-21,24-26H,5-8H2,1-4H3,(H,27,28)/t9-,10-,11+,12+,13-,14+,15+,16-,17+,19+,20-,21-,22-,23+/m1/s1. The van der Waals surface area contributed by atoms with Gasteiger partial charge in [-0.2, -0.15) is 0 Å². The maximum atomic E-state index is 11.6. The van der Waals surface area contributed by atoms with Crippen molar-refractivity contribution in [1.29, 1.82) is 0 Å². The number of aliphatic hydroxyl groups excluding tert-OH is 3. The van der Waals surface area contributed by atoms with Crippen molar-refractivity contribution in [3.8, 4) is 0 Å². The van der Waals surface area contributed by atoms with Crippen LogP contribution < -0.4 is 0 Å². The van der Waals surface area contributed by atoms with Crippen LogP contribution in [-0.4, -0.2) is 93.8 Å². The molecule has 1 spiro atoms. The van der Waals surface area contributed by atoms with Gasteiger partial charge in [0.05, 0.1) is 6.10 Å². The Labute approximate surface area is 203 Å². The topological polar surface area (TPSA) is 163 Å². The van der Waals surface area contributed by atoms with E-state index in [-0.39, 0.29) is 30.1 Å². The van der Waals surface area contributed by atoms with Gasteiger partial charge in [-0.3, -0.25) is 0 Å². The summed E-state index contributed by atoms with van der Waals surface area (Å²) in [6.45, 7) is 8.20. The second-order valence-electron chi connectivity index (χ2n) is 10.7. The molecule has 6 rings (SSSR count). The van der Waals surface area contributed by atoms with Crippen LogP contribution in [0.4, 0.5) is 0 Å². The van der Waals surface area contributed by atoms with Crippen molar-refractivity contribution in [2.24, 2.45) is 23.7 Å². The van der Waals surface area contributed by atoms with Crippen LogP contribution in [0.15, 0.2) is 0 Å². The molecule has 0 amide bonds. The number of fused-ring (bicyclic) bond motifs is 2. The predicted octanol–water partition coefficient (Wildman–Crippen LogP) is 0.118. The van der Waals surface area contributed by atoms with E-state index in [1.165, 1.54) is 0 Å². The van der Waals surface area contributed by atoms with Gasteiger partial charge in [0.25, 0.3) is 0 Å². The van der Waals surface area contributed by atoms with E-state index in [0.29, 0.717) is 6.61 Å². The quantitative estimate of drug-likeness (QED) is 0.375. The van der Waals surface area contributed by atoms with Crippen molar-refractivity contribution in [2.45, 2.75) is 108 Å². The third-order valence-electron chi connectivity index (χ3n) is 8.48. The molecule has 14 atom stereocenters. The fourth-order valence-electron chi connectivity index (χ4n) is 6.83. The van der Waals surface area contributed by atoms with Crippen LogP contribution in [-0.2, 0) is 38.3 Å². The Kier molecular flexibility index (Phi) is 6.70. The van der Waals surface area contributed by atoms with Gasteiger partial charge in [0.15, 0.2) is 30.6 Å². The zero-order valence-electron chi connectivity index (χ0n) is 20.3. The number of aliphatic carboxylic acids is 1. The summed E-state index contributed by atoms with van der Waals surface area (Å²) >= 11 is 0. The second kappa shape index (κ2) is 9.12. The van der Waals surface area contributed by atoms with E-state index >= 15 is 0 Å². The maximum Gasteiger partial charge on any atom is 0.335 e. The summed E-state index contributed by atoms with van der Waals surface area (Å²) in [5.74, 6) is -3.09. The lowest BCUT2D eigenvalue weighted by Crippen LogP contribution is -2.71. The average molecular weight is 505 g/mol. The smallest absolute Gasteiger partial charge is 0.335 e. The molecule has 4 N–H and O–H groups in total. The van der Waals surface area contributed by atoms with Crippen LogP contribution in [0.2, 0.25) is 0 Å². The van der Waals surface area contributed by atoms with Gasteiger partial charge in [0.2, 0.25) is 5.79 Å². The van der Waals surface area contributed by atoms with Crippen molar-refractivity contribution < 1.29 is 58.7 Å². The minimum Gasteiger partial charge on any atom is -0.479 e. The molecule has 5 heterocycles. The summed E-state index contributed by atoms with van der Waals surface area (Å²) in [6.07, 6.45) is -8.55. The Hall–Kier alpha value is -0.930. The van der Waals surface area contributed by atoms with E-state index in [1.807, 2.05) is 13.8 Å². The highest BCUT2D eigenvalue weighted by Crippen LogP contribution is 2.61. The molecular formula is C23H36O12. The lowest BCUT2D eigenvalue weighted by atomic mass is 9.57. The van der Waals surface area contributed by atoms with Gasteiger partial charge in [0.1, 0.15) is 18.3 Å². The predicted molar refractivity (Wildman–Crippen MR) is 113 cm³/mol. The van der Waals surface area contributed by atoms with Crippen LogP contribution in [0.1, 0.15) is 47.0 Å². The highest BCUT2D eigenvalue weighted by Gasteiger charge is 2.72. The SMILES string of the molecule is CCO[C@H]1O[C@@H]2O[C@@]3(C)C[C@H](O[C@@H]4O[C@H](C(=O)O)[C@@H](O)[C@H](O)[C@H]4O)[C@H]4[C@H](C)CC[C@@H]([C@H]1C)[C@@]24OO3. The molecule has 5 saturated heterocycles. The Morgan fingerprint density at radius 2 is 1.77 bits per heavy atom. The van der Waals surface area contributed by atoms with Crippen LogP contribution in [0.5, 0.6) is 0 Å². The fourth-order valence-corrected chi connectivity index (χ4v) is 6.83. The first-order chi connectivity index (χ1) is 16.5. The Morgan fingerprint density at radius 3 is 2.46 bits per heavy atom. The van der Waals surface area contributed by atoms with E-state index in [4.69, 9.17) is 33.5 Å². The maximum absolute atomic E-state index is 11.6. The molecule has 1 saturated carbocycles. The summed E-state index contributed by atoms with van der Waals surface area (Å²) in [4.78, 5) is 23.6. The average Bonchev–Trinajstić information content (AvgIpc) is 2.99. The van der Waals surface area contributed by atoms with Gasteiger partial charge in [-0.15, -0.1) is 0 Å². The monoisotopic (exact) mass is 504 g/mol. The number of hydrogen-bond donors (Lipinski definition) is 4. The molecule has 1 aliphatic carbocycles. The molecule has 35 heavy (non-hydrogen) atoms. The highest BCUT2D eigenvalue weighted by molar-refractivity contribution is 5.73. The molecule has 0 radical (unpaired) electrons. The molecule has 0 aromatic heterocycles. The molecule has 12 heteroatoms.